The van der Waals surface area contributed by atoms with Crippen molar-refractivity contribution in [3.8, 4) is 0 Å². The Bertz CT molecular complexity index is 459. The zero-order valence-corrected chi connectivity index (χ0v) is 12.8. The van der Waals surface area contributed by atoms with Gasteiger partial charge < -0.3 is 9.84 Å². The molecule has 5 heteroatoms. The van der Waals surface area contributed by atoms with Crippen molar-refractivity contribution in [2.24, 2.45) is 5.92 Å². The highest BCUT2D eigenvalue weighted by Crippen LogP contribution is 2.24. The van der Waals surface area contributed by atoms with Crippen LogP contribution in [-0.4, -0.2) is 29.8 Å². The molecule has 1 amide bonds. The van der Waals surface area contributed by atoms with E-state index in [1.165, 1.54) is 4.90 Å². The molecule has 1 rings (SSSR count). The Morgan fingerprint density at radius 2 is 1.86 bits per heavy atom. The number of carbonyl (C=O) groups is 2. The van der Waals surface area contributed by atoms with Gasteiger partial charge in [-0.05, 0) is 31.4 Å². The summed E-state index contributed by atoms with van der Waals surface area (Å²) in [6, 6.07) is 8.62. The molecule has 1 unspecified atom stereocenters. The number of carboxylic acids is 1. The fourth-order valence-electron chi connectivity index (χ4n) is 2.27. The number of nitrogens with zero attached hydrogens (tertiary/aromatic N) is 1. The Hall–Kier alpha value is -2.04. The lowest BCUT2D eigenvalue weighted by molar-refractivity contribution is -0.137. The molecule has 0 bridgehead atoms. The Morgan fingerprint density at radius 3 is 2.33 bits per heavy atom. The van der Waals surface area contributed by atoms with Gasteiger partial charge in [0.15, 0.2) is 0 Å². The van der Waals surface area contributed by atoms with Crippen molar-refractivity contribution in [3.63, 3.8) is 0 Å². The lowest BCUT2D eigenvalue weighted by Crippen LogP contribution is -2.43. The average molecular weight is 293 g/mol. The minimum Gasteiger partial charge on any atom is -0.481 e. The summed E-state index contributed by atoms with van der Waals surface area (Å²) in [5.74, 6) is -0.652. The molecule has 0 aromatic heterocycles. The van der Waals surface area contributed by atoms with Gasteiger partial charge in [-0.15, -0.1) is 0 Å². The summed E-state index contributed by atoms with van der Waals surface area (Å²) in [5, 5.41) is 9.13. The van der Waals surface area contributed by atoms with Gasteiger partial charge in [-0.2, -0.15) is 0 Å². The summed E-state index contributed by atoms with van der Waals surface area (Å²) in [7, 11) is 0. The van der Waals surface area contributed by atoms with Crippen molar-refractivity contribution in [2.45, 2.75) is 39.7 Å². The highest BCUT2D eigenvalue weighted by molar-refractivity contribution is 5.89. The predicted octanol–water partition coefficient (Wildman–Crippen LogP) is 3.54. The molecule has 1 atom stereocenters. The molecule has 1 aromatic rings. The normalized spacial score (nSPS) is 12.0. The number of rotatable bonds is 7. The molecular weight excluding hydrogens is 270 g/mol. The van der Waals surface area contributed by atoms with Crippen LogP contribution in [0.15, 0.2) is 30.3 Å². The number of benzene rings is 1. The van der Waals surface area contributed by atoms with Crippen molar-refractivity contribution in [1.82, 2.24) is 0 Å². The molecule has 0 aliphatic rings. The van der Waals surface area contributed by atoms with E-state index in [4.69, 9.17) is 9.84 Å². The molecule has 5 nitrogen and oxygen atoms in total. The van der Waals surface area contributed by atoms with E-state index in [1.807, 2.05) is 32.0 Å². The van der Waals surface area contributed by atoms with Crippen molar-refractivity contribution in [1.29, 1.82) is 0 Å². The maximum atomic E-state index is 12.3. The number of hydrogen-bond donors (Lipinski definition) is 1. The summed E-state index contributed by atoms with van der Waals surface area (Å²) >= 11 is 0. The van der Waals surface area contributed by atoms with Crippen LogP contribution < -0.4 is 4.90 Å². The van der Waals surface area contributed by atoms with Crippen LogP contribution in [0.25, 0.3) is 0 Å². The summed E-state index contributed by atoms with van der Waals surface area (Å²) in [5.41, 5.74) is 0.655. The molecule has 0 aliphatic carbocycles. The Balaban J connectivity index is 3.11. The molecular formula is C16H23NO4. The highest BCUT2D eigenvalue weighted by Gasteiger charge is 2.29. The van der Waals surface area contributed by atoms with Crippen LogP contribution in [0.1, 0.15) is 33.6 Å². The van der Waals surface area contributed by atoms with E-state index in [-0.39, 0.29) is 18.9 Å². The molecule has 0 saturated heterocycles. The van der Waals surface area contributed by atoms with Gasteiger partial charge in [-0.25, -0.2) is 4.79 Å². The minimum atomic E-state index is -0.925. The van der Waals surface area contributed by atoms with E-state index < -0.39 is 18.1 Å². The van der Waals surface area contributed by atoms with Gasteiger partial charge in [0.1, 0.15) is 0 Å². The van der Waals surface area contributed by atoms with Gasteiger partial charge in [0, 0.05) is 5.69 Å². The standard InChI is InChI=1S/C16H23NO4/c1-4-21-16(20)17(13-8-6-5-7-9-13)14(10-12(2)3)11-15(18)19/h5-9,12,14H,4,10-11H2,1-3H3,(H,18,19). The fraction of sp³-hybridized carbons (Fsp3) is 0.500. The van der Waals surface area contributed by atoms with Gasteiger partial charge in [0.05, 0.1) is 19.1 Å². The fourth-order valence-corrected chi connectivity index (χ4v) is 2.27. The van der Waals surface area contributed by atoms with E-state index in [0.717, 1.165) is 0 Å². The molecule has 0 fully saturated rings. The van der Waals surface area contributed by atoms with Crippen LogP contribution in [0.4, 0.5) is 10.5 Å². The Morgan fingerprint density at radius 1 is 1.24 bits per heavy atom. The van der Waals surface area contributed by atoms with E-state index >= 15 is 0 Å². The van der Waals surface area contributed by atoms with Gasteiger partial charge in [0.25, 0.3) is 0 Å². The van der Waals surface area contributed by atoms with Gasteiger partial charge in [0.2, 0.25) is 0 Å². The van der Waals surface area contributed by atoms with Crippen molar-refractivity contribution >= 4 is 17.7 Å². The lowest BCUT2D eigenvalue weighted by atomic mass is 9.99. The third-order valence-corrected chi connectivity index (χ3v) is 3.02. The van der Waals surface area contributed by atoms with E-state index in [2.05, 4.69) is 0 Å². The lowest BCUT2D eigenvalue weighted by Gasteiger charge is -2.31. The molecule has 0 aliphatic heterocycles. The third kappa shape index (κ3) is 5.45. The van der Waals surface area contributed by atoms with Crippen LogP contribution in [0, 0.1) is 5.92 Å². The summed E-state index contributed by atoms with van der Waals surface area (Å²) in [4.78, 5) is 24.8. The molecule has 1 N–H and O–H groups in total. The number of para-hydroxylation sites is 1. The topological polar surface area (TPSA) is 66.8 Å². The first kappa shape index (κ1) is 17.0. The third-order valence-electron chi connectivity index (χ3n) is 3.02. The van der Waals surface area contributed by atoms with Crippen LogP contribution in [0.3, 0.4) is 0 Å². The maximum Gasteiger partial charge on any atom is 0.414 e. The Kier molecular flexibility index (Phi) is 6.72. The van der Waals surface area contributed by atoms with E-state index in [9.17, 15) is 9.59 Å². The molecule has 0 saturated carbocycles. The van der Waals surface area contributed by atoms with E-state index in [0.29, 0.717) is 12.1 Å². The van der Waals surface area contributed by atoms with Crippen LogP contribution in [-0.2, 0) is 9.53 Å². The molecule has 0 spiro atoms. The Labute approximate surface area is 125 Å². The van der Waals surface area contributed by atoms with Crippen molar-refractivity contribution < 1.29 is 19.4 Å². The molecule has 0 radical (unpaired) electrons. The van der Waals surface area contributed by atoms with Crippen molar-refractivity contribution in [3.05, 3.63) is 30.3 Å². The van der Waals surface area contributed by atoms with Crippen LogP contribution in [0.2, 0.25) is 0 Å². The molecule has 0 heterocycles. The second kappa shape index (κ2) is 8.29. The quantitative estimate of drug-likeness (QED) is 0.835. The zero-order chi connectivity index (χ0) is 15.8. The first-order valence-corrected chi connectivity index (χ1v) is 7.18. The minimum absolute atomic E-state index is 0.105. The summed E-state index contributed by atoms with van der Waals surface area (Å²) in [6.45, 7) is 5.99. The van der Waals surface area contributed by atoms with Crippen LogP contribution >= 0.6 is 0 Å². The van der Waals surface area contributed by atoms with E-state index in [1.54, 1.807) is 19.1 Å². The first-order chi connectivity index (χ1) is 9.95. The average Bonchev–Trinajstić information content (AvgIpc) is 2.39. The number of carbonyl (C=O) groups excluding carboxylic acids is 1. The van der Waals surface area contributed by atoms with Gasteiger partial charge in [-0.3, -0.25) is 9.69 Å². The molecule has 21 heavy (non-hydrogen) atoms. The number of carboxylic acid groups (broad SMARTS) is 1. The second-order valence-corrected chi connectivity index (χ2v) is 5.29. The SMILES string of the molecule is CCOC(=O)N(c1ccccc1)C(CC(=O)O)CC(C)C. The zero-order valence-electron chi connectivity index (χ0n) is 12.8. The van der Waals surface area contributed by atoms with Crippen LogP contribution in [0.5, 0.6) is 0 Å². The number of amides is 1. The second-order valence-electron chi connectivity index (χ2n) is 5.29. The predicted molar refractivity (Wildman–Crippen MR) is 81.4 cm³/mol. The first-order valence-electron chi connectivity index (χ1n) is 7.18. The smallest absolute Gasteiger partial charge is 0.414 e. The maximum absolute atomic E-state index is 12.3. The number of aliphatic carboxylic acids is 1. The monoisotopic (exact) mass is 293 g/mol. The van der Waals surface area contributed by atoms with Crippen molar-refractivity contribution in [2.75, 3.05) is 11.5 Å². The summed E-state index contributed by atoms with van der Waals surface area (Å²) < 4.78 is 5.10. The molecule has 1 aromatic carbocycles. The highest BCUT2D eigenvalue weighted by atomic mass is 16.6. The van der Waals surface area contributed by atoms with Gasteiger partial charge in [-0.1, -0.05) is 32.0 Å². The number of ether oxygens (including phenoxy) is 1. The molecule has 116 valence electrons. The van der Waals surface area contributed by atoms with Gasteiger partial charge >= 0.3 is 12.1 Å². The summed E-state index contributed by atoms with van der Waals surface area (Å²) in [6.07, 6.45) is -0.0121. The number of hydrogen-bond acceptors (Lipinski definition) is 3. The largest absolute Gasteiger partial charge is 0.481 e. The number of anilines is 1.